The van der Waals surface area contributed by atoms with E-state index in [1.807, 2.05) is 0 Å². The summed E-state index contributed by atoms with van der Waals surface area (Å²) in [6.45, 7) is 0. The van der Waals surface area contributed by atoms with Crippen molar-refractivity contribution in [2.75, 3.05) is 0 Å². The summed E-state index contributed by atoms with van der Waals surface area (Å²) < 4.78 is 4.65. The smallest absolute Gasteiger partial charge is 0.345 e. The molecule has 0 radical (unpaired) electrons. The topological polar surface area (TPSA) is 63.3 Å². The first kappa shape index (κ1) is 8.00. The van der Waals surface area contributed by atoms with Gasteiger partial charge in [0.2, 0.25) is 0 Å². The number of nitrogens with zero attached hydrogens (tertiary/aromatic N) is 1. The zero-order valence-corrected chi connectivity index (χ0v) is 7.25. The van der Waals surface area contributed by atoms with Crippen molar-refractivity contribution in [3.05, 3.63) is 29.3 Å². The molecule has 1 N–H and O–H groups in total. The Morgan fingerprint density at radius 2 is 2.31 bits per heavy atom. The third-order valence-electron chi connectivity index (χ3n) is 1.51. The second-order valence-corrected chi connectivity index (χ2v) is 3.44. The molecule has 0 aliphatic heterocycles. The van der Waals surface area contributed by atoms with E-state index in [0.717, 1.165) is 4.88 Å². The molecule has 0 amide bonds. The molecule has 0 aliphatic carbocycles. The lowest BCUT2D eigenvalue weighted by Crippen LogP contribution is -1.89. The van der Waals surface area contributed by atoms with Crippen molar-refractivity contribution in [2.24, 2.45) is 0 Å². The molecule has 0 spiro atoms. The Hall–Kier alpha value is -1.62. The van der Waals surface area contributed by atoms with Gasteiger partial charge in [-0.15, -0.1) is 11.3 Å². The predicted molar refractivity (Wildman–Crippen MR) is 46.8 cm³/mol. The minimum Gasteiger partial charge on any atom is -0.477 e. The van der Waals surface area contributed by atoms with Gasteiger partial charge in [0.25, 0.3) is 0 Å². The third-order valence-corrected chi connectivity index (χ3v) is 2.60. The standard InChI is InChI=1S/C8H5NO3S/c10-8(11)7-2-1-6(13-7)5-3-4-12-9-5/h1-4H,(H,10,11). The molecule has 4 nitrogen and oxygen atoms in total. The molecule has 0 saturated heterocycles. The monoisotopic (exact) mass is 195 g/mol. The molecular weight excluding hydrogens is 190 g/mol. The van der Waals surface area contributed by atoms with Crippen molar-refractivity contribution in [3.63, 3.8) is 0 Å². The van der Waals surface area contributed by atoms with Crippen molar-refractivity contribution < 1.29 is 14.4 Å². The van der Waals surface area contributed by atoms with Crippen LogP contribution in [0.5, 0.6) is 0 Å². The van der Waals surface area contributed by atoms with Crippen LogP contribution in [-0.2, 0) is 0 Å². The van der Waals surface area contributed by atoms with Gasteiger partial charge in [-0.1, -0.05) is 5.16 Å². The first-order valence-electron chi connectivity index (χ1n) is 3.51. The van der Waals surface area contributed by atoms with Crippen molar-refractivity contribution >= 4 is 17.3 Å². The Kier molecular flexibility index (Phi) is 1.86. The highest BCUT2D eigenvalue weighted by atomic mass is 32.1. The van der Waals surface area contributed by atoms with E-state index in [9.17, 15) is 4.79 Å². The molecule has 0 aromatic carbocycles. The van der Waals surface area contributed by atoms with Gasteiger partial charge in [-0.25, -0.2) is 4.79 Å². The molecule has 13 heavy (non-hydrogen) atoms. The zero-order chi connectivity index (χ0) is 9.26. The number of aromatic nitrogens is 1. The molecule has 2 heterocycles. The molecule has 0 fully saturated rings. The molecule has 2 aromatic rings. The van der Waals surface area contributed by atoms with E-state index in [2.05, 4.69) is 9.68 Å². The summed E-state index contributed by atoms with van der Waals surface area (Å²) in [5.41, 5.74) is 0.664. The largest absolute Gasteiger partial charge is 0.477 e. The molecule has 0 atom stereocenters. The van der Waals surface area contributed by atoms with Gasteiger partial charge in [0.15, 0.2) is 0 Å². The van der Waals surface area contributed by atoms with E-state index in [-0.39, 0.29) is 0 Å². The van der Waals surface area contributed by atoms with Gasteiger partial charge in [0, 0.05) is 6.07 Å². The van der Waals surface area contributed by atoms with Gasteiger partial charge in [0.1, 0.15) is 16.8 Å². The number of rotatable bonds is 2. The van der Waals surface area contributed by atoms with E-state index in [0.29, 0.717) is 10.6 Å². The maximum atomic E-state index is 10.6. The molecule has 5 heteroatoms. The summed E-state index contributed by atoms with van der Waals surface area (Å²) in [7, 11) is 0. The summed E-state index contributed by atoms with van der Waals surface area (Å²) in [6, 6.07) is 4.96. The van der Waals surface area contributed by atoms with Gasteiger partial charge in [-0.3, -0.25) is 0 Å². The average molecular weight is 195 g/mol. The van der Waals surface area contributed by atoms with Gasteiger partial charge in [-0.2, -0.15) is 0 Å². The Bertz CT molecular complexity index is 418. The minimum absolute atomic E-state index is 0.304. The highest BCUT2D eigenvalue weighted by Crippen LogP contribution is 2.26. The van der Waals surface area contributed by atoms with E-state index in [4.69, 9.17) is 5.11 Å². The quantitative estimate of drug-likeness (QED) is 0.797. The van der Waals surface area contributed by atoms with Crippen LogP contribution < -0.4 is 0 Å². The average Bonchev–Trinajstić information content (AvgIpc) is 2.75. The maximum Gasteiger partial charge on any atom is 0.345 e. The second kappa shape index (κ2) is 3.02. The summed E-state index contributed by atoms with van der Waals surface area (Å²) in [5.74, 6) is -0.917. The van der Waals surface area contributed by atoms with Crippen molar-refractivity contribution in [1.82, 2.24) is 5.16 Å². The Labute approximate surface area is 77.4 Å². The van der Waals surface area contributed by atoms with Crippen LogP contribution in [0.2, 0.25) is 0 Å². The molecule has 0 saturated carbocycles. The first-order valence-corrected chi connectivity index (χ1v) is 4.33. The first-order chi connectivity index (χ1) is 6.27. The maximum absolute atomic E-state index is 10.6. The summed E-state index contributed by atoms with van der Waals surface area (Å²) >= 11 is 1.18. The molecule has 66 valence electrons. The lowest BCUT2D eigenvalue weighted by molar-refractivity contribution is 0.0702. The van der Waals surface area contributed by atoms with Crippen molar-refractivity contribution in [1.29, 1.82) is 0 Å². The predicted octanol–water partition coefficient (Wildman–Crippen LogP) is 2.10. The van der Waals surface area contributed by atoms with Crippen LogP contribution >= 0.6 is 11.3 Å². The van der Waals surface area contributed by atoms with Crippen LogP contribution in [0.3, 0.4) is 0 Å². The summed E-state index contributed by atoms with van der Waals surface area (Å²) in [5, 5.41) is 12.4. The normalized spacial score (nSPS) is 10.2. The van der Waals surface area contributed by atoms with Gasteiger partial charge < -0.3 is 9.63 Å². The van der Waals surface area contributed by atoms with Gasteiger partial charge in [0.05, 0.1) is 4.88 Å². The van der Waals surface area contributed by atoms with E-state index >= 15 is 0 Å². The molecule has 0 bridgehead atoms. The number of aromatic carboxylic acids is 1. The highest BCUT2D eigenvalue weighted by molar-refractivity contribution is 7.17. The highest BCUT2D eigenvalue weighted by Gasteiger charge is 2.09. The number of carbonyl (C=O) groups is 1. The number of carboxylic acid groups (broad SMARTS) is 1. The van der Waals surface area contributed by atoms with Crippen LogP contribution in [0.1, 0.15) is 9.67 Å². The fourth-order valence-corrected chi connectivity index (χ4v) is 1.74. The second-order valence-electron chi connectivity index (χ2n) is 2.35. The van der Waals surface area contributed by atoms with Crippen LogP contribution in [-0.4, -0.2) is 16.2 Å². The fraction of sp³-hybridized carbons (Fsp3) is 0. The molecule has 2 rings (SSSR count). The van der Waals surface area contributed by atoms with Crippen LogP contribution in [0.25, 0.3) is 10.6 Å². The molecular formula is C8H5NO3S. The number of hydrogen-bond acceptors (Lipinski definition) is 4. The van der Waals surface area contributed by atoms with Gasteiger partial charge >= 0.3 is 5.97 Å². The lowest BCUT2D eigenvalue weighted by Gasteiger charge is -1.84. The summed E-state index contributed by atoms with van der Waals surface area (Å²) in [6.07, 6.45) is 1.45. The fourth-order valence-electron chi connectivity index (χ4n) is 0.930. The van der Waals surface area contributed by atoms with Crippen molar-refractivity contribution in [2.45, 2.75) is 0 Å². The van der Waals surface area contributed by atoms with E-state index < -0.39 is 5.97 Å². The Balaban J connectivity index is 2.39. The lowest BCUT2D eigenvalue weighted by atomic mass is 10.3. The number of thiophene rings is 1. The zero-order valence-electron chi connectivity index (χ0n) is 6.43. The number of hydrogen-bond donors (Lipinski definition) is 1. The van der Waals surface area contributed by atoms with Gasteiger partial charge in [-0.05, 0) is 12.1 Å². The molecule has 2 aromatic heterocycles. The Morgan fingerprint density at radius 3 is 2.85 bits per heavy atom. The summed E-state index contributed by atoms with van der Waals surface area (Å²) in [4.78, 5) is 11.7. The Morgan fingerprint density at radius 1 is 1.46 bits per heavy atom. The van der Waals surface area contributed by atoms with Crippen LogP contribution in [0.15, 0.2) is 29.0 Å². The van der Waals surface area contributed by atoms with Crippen LogP contribution in [0.4, 0.5) is 0 Å². The molecule has 0 unspecified atom stereocenters. The number of carboxylic acids is 1. The minimum atomic E-state index is -0.917. The van der Waals surface area contributed by atoms with Crippen molar-refractivity contribution in [3.8, 4) is 10.6 Å². The SMILES string of the molecule is O=C(O)c1ccc(-c2ccon2)s1. The van der Waals surface area contributed by atoms with Crippen LogP contribution in [0, 0.1) is 0 Å². The van der Waals surface area contributed by atoms with E-state index in [1.165, 1.54) is 17.6 Å². The van der Waals surface area contributed by atoms with E-state index in [1.54, 1.807) is 18.2 Å². The third kappa shape index (κ3) is 1.46. The molecule has 0 aliphatic rings.